The minimum atomic E-state index is -1.14. The summed E-state index contributed by atoms with van der Waals surface area (Å²) in [6.45, 7) is 62.8. The summed E-state index contributed by atoms with van der Waals surface area (Å²) in [4.78, 5) is 65.9. The number of nitrogens with zero attached hydrogens (tertiary/aromatic N) is 24. The van der Waals surface area contributed by atoms with E-state index in [4.69, 9.17) is 132 Å². The summed E-state index contributed by atoms with van der Waals surface area (Å²) in [6, 6.07) is 9.53. The summed E-state index contributed by atoms with van der Waals surface area (Å²) < 4.78 is 65.7. The number of aryl methyl sites for hydroxylation is 6. The van der Waals surface area contributed by atoms with Crippen molar-refractivity contribution in [2.24, 2.45) is 21.1 Å². The van der Waals surface area contributed by atoms with Gasteiger partial charge in [-0.15, -0.1) is 0 Å². The molecule has 6 aliphatic heterocycles. The first-order valence-electron chi connectivity index (χ1n) is 45.3. The van der Waals surface area contributed by atoms with E-state index in [2.05, 4.69) is 219 Å². The molecule has 0 spiro atoms. The molecule has 5 atom stereocenters. The quantitative estimate of drug-likeness (QED) is 0.0616. The van der Waals surface area contributed by atoms with Crippen molar-refractivity contribution in [2.75, 3.05) is 114 Å². The molecule has 6 saturated heterocycles. The van der Waals surface area contributed by atoms with Gasteiger partial charge in [0.05, 0.1) is 134 Å². The zero-order valence-corrected chi connectivity index (χ0v) is 89.0. The van der Waals surface area contributed by atoms with Crippen molar-refractivity contribution in [3.05, 3.63) is 120 Å². The minimum absolute atomic E-state index is 0.000000000000000444. The van der Waals surface area contributed by atoms with Crippen LogP contribution in [0.15, 0.2) is 42.9 Å². The van der Waals surface area contributed by atoms with Gasteiger partial charge in [0.15, 0.2) is 17.5 Å². The molecule has 0 bridgehead atoms. The molecular weight excluding hydrogens is 1870 g/mol. The van der Waals surface area contributed by atoms with Gasteiger partial charge >= 0.3 is 14.2 Å². The van der Waals surface area contributed by atoms with Crippen LogP contribution in [0.1, 0.15) is 134 Å². The third kappa shape index (κ3) is 27.8. The number of hydrogen-bond donors (Lipinski definition) is 1. The highest BCUT2D eigenvalue weighted by molar-refractivity contribution is 6.76. The second-order valence-electron chi connectivity index (χ2n) is 38.6. The van der Waals surface area contributed by atoms with Crippen molar-refractivity contribution in [1.29, 1.82) is 0 Å². The van der Waals surface area contributed by atoms with E-state index in [-0.39, 0.29) is 92.4 Å². The van der Waals surface area contributed by atoms with Gasteiger partial charge in [-0.25, -0.2) is 9.97 Å². The smallest absolute Gasteiger partial charge is 0.399 e. The summed E-state index contributed by atoms with van der Waals surface area (Å²) in [5, 5.41) is 18.1. The monoisotopic (exact) mass is 2000 g/mol. The van der Waals surface area contributed by atoms with Gasteiger partial charge < -0.3 is 71.6 Å². The van der Waals surface area contributed by atoms with Gasteiger partial charge in [-0.1, -0.05) is 51.4 Å². The predicted octanol–water partition coefficient (Wildman–Crippen LogP) is 14.6. The summed E-state index contributed by atoms with van der Waals surface area (Å²) in [7, 11) is 2.93. The first-order chi connectivity index (χ1) is 63.0. The maximum atomic E-state index is 6.24. The molecule has 35 nitrogen and oxygen atoms in total. The number of halogens is 6. The maximum absolute atomic E-state index is 6.24. The van der Waals surface area contributed by atoms with E-state index < -0.39 is 16.1 Å². The van der Waals surface area contributed by atoms with Crippen LogP contribution in [-0.4, -0.2) is 279 Å². The molecule has 7 aliphatic rings. The largest absolute Gasteiger partial charge is 0.498 e. The SMILES string of the molecule is CC1(C)OB(c2ccnc3c2C=CC3COCC[Si](C)(C)C)OC1(C)C.C[C@@H]1COCCN1.C[C@@H]1COCCN1c1nc(Cl)nc(Cl)n1.Cc1nn(C)c(C)c1-c1nc(-c2ccnc3c2ccn3COCC[Si](C)(C)C)nc(N2CCOC[C@H]2C)n1.Cc1nn(C)c(C)c1-c1nc(Cl)nc(N2CCOC[C@H]2C)n1.Cc1nn(C)c(C)c1B1OC(C)(C)C(C)(C)O1.Clc1nc(Cl)nc(Cl)n1. The van der Waals surface area contributed by atoms with E-state index in [0.717, 1.165) is 143 Å². The Bertz CT molecular complexity index is 5560. The Labute approximate surface area is 820 Å². The van der Waals surface area contributed by atoms with Crippen LogP contribution < -0.4 is 30.9 Å². The van der Waals surface area contributed by atoms with Crippen molar-refractivity contribution in [3.63, 3.8) is 0 Å². The molecule has 0 saturated carbocycles. The van der Waals surface area contributed by atoms with Gasteiger partial charge in [-0.2, -0.15) is 70.1 Å². The topological polar surface area (TPSA) is 353 Å². The Balaban J connectivity index is 0.000000159. The Morgan fingerprint density at radius 3 is 1.32 bits per heavy atom. The lowest BCUT2D eigenvalue weighted by Gasteiger charge is -2.33. The van der Waals surface area contributed by atoms with Crippen LogP contribution in [0.4, 0.5) is 17.8 Å². The number of fused-ring (bicyclic) bond motifs is 2. The molecule has 728 valence electrons. The van der Waals surface area contributed by atoms with Crippen LogP contribution >= 0.6 is 69.6 Å². The lowest BCUT2D eigenvalue weighted by molar-refractivity contribution is 0.00578. The van der Waals surface area contributed by atoms with Crippen molar-refractivity contribution in [1.82, 2.24) is 109 Å². The third-order valence-electron chi connectivity index (χ3n) is 24.7. The summed E-state index contributed by atoms with van der Waals surface area (Å²) in [5.41, 5.74) is 12.5. The summed E-state index contributed by atoms with van der Waals surface area (Å²) in [6.07, 6.45) is 10.0. The highest BCUT2D eigenvalue weighted by Gasteiger charge is 2.54. The number of rotatable bonds is 18. The molecule has 45 heteroatoms. The average molecular weight is 2000 g/mol. The standard InChI is InChI=1S/C27H38N8O2Si.C20H32BNO3Si.C14H19ClN6O.C12H21BN2O2.C8H10Cl2N4O.C5H11NO.C3Cl3N3/c1-18-16-36-13-12-35(18)27-30-24(29-25(31-27)23-19(2)32-33(4)20(23)3)21-8-10-28-26-22(21)9-11-34(26)17-37-14-15-38(5,6)7;1-19(2)20(3,4)25-21(24-19)17-10-11-22-18-15(8-9-16(17)18)14-23-12-13-26(5,6)7;1-8-7-22-6-5-21(8)14-17-12(16-13(15)18-14)11-9(2)19-20(4)10(11)3;1-8-10(9(2)15(7)14-8)13-16-11(3,4)12(5,6)17-13;1-5-4-15-3-2-14(5)8-12-6(9)11-7(10)13-8;1-5-4-7-3-2-6-5;4-1-7-2(5)9-3(6)8-1/h8-11,18H,12-17H2,1-7H3;8-11,15H,12-14H2,1-7H3;8H,5-7H2,1-4H3;1-7H3;5H,2-4H2,1H3;5-6H,2-4H2,1H3;/t18-;;8-;;2*5-;/m1.1.11./s1. The number of ether oxygens (including phenoxy) is 6. The zero-order valence-electron chi connectivity index (χ0n) is 82.5. The lowest BCUT2D eigenvalue weighted by atomic mass is 9.76. The van der Waals surface area contributed by atoms with E-state index in [1.54, 1.807) is 0 Å². The summed E-state index contributed by atoms with van der Waals surface area (Å²) in [5.74, 6) is 3.79. The molecule has 10 aromatic heterocycles. The summed E-state index contributed by atoms with van der Waals surface area (Å²) >= 11 is 33.5. The van der Waals surface area contributed by atoms with E-state index in [0.29, 0.717) is 94.3 Å². The lowest BCUT2D eigenvalue weighted by Crippen LogP contribution is -2.44. The van der Waals surface area contributed by atoms with Gasteiger partial charge in [-0.05, 0) is 236 Å². The van der Waals surface area contributed by atoms with Crippen molar-refractivity contribution in [3.8, 4) is 34.2 Å². The fourth-order valence-corrected chi connectivity index (χ4v) is 17.9. The number of anilines is 3. The van der Waals surface area contributed by atoms with Crippen LogP contribution in [-0.2, 0) is 74.9 Å². The zero-order chi connectivity index (χ0) is 97.9. The van der Waals surface area contributed by atoms with Gasteiger partial charge in [0.2, 0.25) is 49.5 Å². The van der Waals surface area contributed by atoms with Crippen LogP contribution in [0.25, 0.3) is 51.3 Å². The van der Waals surface area contributed by atoms with E-state index in [1.807, 2.05) is 124 Å². The molecule has 10 aromatic rings. The number of aromatic nitrogens is 21. The molecule has 17 rings (SSSR count). The van der Waals surface area contributed by atoms with Gasteiger partial charge in [0.1, 0.15) is 12.4 Å². The predicted molar refractivity (Wildman–Crippen MR) is 536 cm³/mol. The fourth-order valence-electron chi connectivity index (χ4n) is 15.2. The minimum Gasteiger partial charge on any atom is -0.399 e. The fraction of sp³-hybridized carbons (Fsp3) is 0.607. The molecule has 1 unspecified atom stereocenters. The normalized spacial score (nSPS) is 19.9. The maximum Gasteiger partial charge on any atom is 0.498 e. The van der Waals surface area contributed by atoms with E-state index in [1.165, 1.54) is 6.04 Å². The Morgan fingerprint density at radius 2 is 0.888 bits per heavy atom. The van der Waals surface area contributed by atoms with Crippen LogP contribution in [0.3, 0.4) is 0 Å². The number of pyridine rings is 2. The molecule has 1 aliphatic carbocycles. The van der Waals surface area contributed by atoms with E-state index in [9.17, 15) is 0 Å². The molecule has 0 radical (unpaired) electrons. The van der Waals surface area contributed by atoms with Gasteiger partial charge in [0.25, 0.3) is 0 Å². The number of nitrogens with one attached hydrogen (secondary N) is 1. The highest BCUT2D eigenvalue weighted by atomic mass is 35.5. The van der Waals surface area contributed by atoms with Crippen molar-refractivity contribution < 1.29 is 47.0 Å². The molecule has 1 N–H and O–H groups in total. The second kappa shape index (κ2) is 46.1. The van der Waals surface area contributed by atoms with E-state index >= 15 is 0 Å². The first-order valence-corrected chi connectivity index (χ1v) is 55.0. The van der Waals surface area contributed by atoms with Crippen LogP contribution in [0.2, 0.25) is 83.1 Å². The van der Waals surface area contributed by atoms with Gasteiger partial charge in [0, 0.05) is 141 Å². The average Bonchev–Trinajstić information content (AvgIpc) is 1.60. The Hall–Kier alpha value is -7.49. The molecule has 0 aromatic carbocycles. The Morgan fingerprint density at radius 1 is 0.470 bits per heavy atom. The molecule has 0 amide bonds. The molecule has 134 heavy (non-hydrogen) atoms. The van der Waals surface area contributed by atoms with Gasteiger partial charge in [-0.3, -0.25) is 19.0 Å². The van der Waals surface area contributed by atoms with Crippen molar-refractivity contribution >= 4 is 146 Å². The Kier molecular flexibility index (Phi) is 36.8. The van der Waals surface area contributed by atoms with Crippen molar-refractivity contribution in [2.45, 2.75) is 235 Å². The molecule has 6 fully saturated rings. The molecular formula is C89H131B2Cl6N25O10Si2. The number of hydrogen-bond acceptors (Lipinski definition) is 31. The highest BCUT2D eigenvalue weighted by Crippen LogP contribution is 2.41. The van der Waals surface area contributed by atoms with Crippen LogP contribution in [0.5, 0.6) is 0 Å². The second-order valence-corrected chi connectivity index (χ2v) is 51.9. The third-order valence-corrected chi connectivity index (χ3v) is 29.1. The number of morpholine rings is 4. The van der Waals surface area contributed by atoms with Crippen LogP contribution in [0, 0.1) is 41.5 Å². The first kappa shape index (κ1) is 107. The molecule has 16 heterocycles.